The van der Waals surface area contributed by atoms with Gasteiger partial charge in [-0.15, -0.1) is 0 Å². The Labute approximate surface area is 137 Å². The molecule has 0 spiro atoms. The van der Waals surface area contributed by atoms with Crippen LogP contribution in [0.3, 0.4) is 0 Å². The lowest BCUT2D eigenvalue weighted by atomic mass is 10.0. The normalized spacial score (nSPS) is 16.4. The van der Waals surface area contributed by atoms with E-state index in [0.29, 0.717) is 6.42 Å². The van der Waals surface area contributed by atoms with E-state index in [0.717, 1.165) is 23.6 Å². The Morgan fingerprint density at radius 1 is 1.30 bits per heavy atom. The van der Waals surface area contributed by atoms with Crippen molar-refractivity contribution in [2.75, 3.05) is 0 Å². The number of imidazole rings is 1. The van der Waals surface area contributed by atoms with Crippen molar-refractivity contribution < 1.29 is 4.79 Å². The third-order valence-electron chi connectivity index (χ3n) is 4.83. The first-order chi connectivity index (χ1) is 11.2. The number of aromatic nitrogens is 2. The number of carbonyl (C=O) groups excluding carboxylic acids is 1. The molecule has 1 heterocycles. The van der Waals surface area contributed by atoms with Crippen molar-refractivity contribution >= 4 is 5.91 Å². The van der Waals surface area contributed by atoms with Crippen molar-refractivity contribution in [1.82, 2.24) is 14.9 Å². The zero-order valence-corrected chi connectivity index (χ0v) is 13.7. The highest BCUT2D eigenvalue weighted by Gasteiger charge is 2.17. The lowest BCUT2D eigenvalue weighted by Crippen LogP contribution is -2.26. The average molecular weight is 311 g/mol. The van der Waals surface area contributed by atoms with E-state index in [-0.39, 0.29) is 11.9 Å². The summed E-state index contributed by atoms with van der Waals surface area (Å²) < 4.78 is 1.97. The number of nitrogens with zero attached hydrogens (tertiary/aromatic N) is 2. The Morgan fingerprint density at radius 2 is 2.04 bits per heavy atom. The van der Waals surface area contributed by atoms with Gasteiger partial charge in [-0.3, -0.25) is 4.79 Å². The zero-order chi connectivity index (χ0) is 16.1. The monoisotopic (exact) mass is 311 g/mol. The van der Waals surface area contributed by atoms with E-state index < -0.39 is 0 Å². The van der Waals surface area contributed by atoms with Gasteiger partial charge in [0.05, 0.1) is 12.4 Å². The molecule has 1 unspecified atom stereocenters. The molecule has 1 aliphatic rings. The highest BCUT2D eigenvalue weighted by atomic mass is 16.1. The molecular weight excluding hydrogens is 286 g/mol. The Bertz CT molecular complexity index is 613. The summed E-state index contributed by atoms with van der Waals surface area (Å²) in [5, 5.41) is 3.12. The lowest BCUT2D eigenvalue weighted by molar-refractivity contribution is -0.122. The number of benzene rings is 1. The zero-order valence-electron chi connectivity index (χ0n) is 13.7. The van der Waals surface area contributed by atoms with Crippen LogP contribution in [-0.4, -0.2) is 15.5 Å². The summed E-state index contributed by atoms with van der Waals surface area (Å²) >= 11 is 0. The molecule has 1 aromatic heterocycles. The predicted octanol–water partition coefficient (Wildman–Crippen LogP) is 4.02. The highest BCUT2D eigenvalue weighted by molar-refractivity contribution is 5.76. The van der Waals surface area contributed by atoms with Crippen LogP contribution in [0.25, 0.3) is 5.69 Å². The number of amides is 1. The second kappa shape index (κ2) is 7.44. The standard InChI is InChI=1S/C19H25N3O/c1-15(21-19(23)11-6-16-4-2-3-5-16)17-7-9-18(10-8-17)22-13-12-20-14-22/h7-10,12-16H,2-6,11H2,1H3,(H,21,23). The summed E-state index contributed by atoms with van der Waals surface area (Å²) in [5.74, 6) is 0.939. The number of carbonyl (C=O) groups is 1. The molecule has 4 heteroatoms. The van der Waals surface area contributed by atoms with Gasteiger partial charge in [-0.05, 0) is 37.0 Å². The molecule has 1 N–H and O–H groups in total. The van der Waals surface area contributed by atoms with Crippen molar-refractivity contribution in [2.45, 2.75) is 51.5 Å². The van der Waals surface area contributed by atoms with Crippen LogP contribution < -0.4 is 5.32 Å². The minimum Gasteiger partial charge on any atom is -0.350 e. The molecule has 1 aliphatic carbocycles. The van der Waals surface area contributed by atoms with Crippen LogP contribution >= 0.6 is 0 Å². The van der Waals surface area contributed by atoms with E-state index in [1.54, 1.807) is 12.5 Å². The molecule has 1 amide bonds. The summed E-state index contributed by atoms with van der Waals surface area (Å²) in [5.41, 5.74) is 2.20. The molecule has 3 rings (SSSR count). The second-order valence-corrected chi connectivity index (χ2v) is 6.54. The van der Waals surface area contributed by atoms with Crippen LogP contribution in [0.15, 0.2) is 43.0 Å². The molecule has 122 valence electrons. The average Bonchev–Trinajstić information content (AvgIpc) is 3.26. The van der Waals surface area contributed by atoms with E-state index in [4.69, 9.17) is 0 Å². The van der Waals surface area contributed by atoms with Crippen LogP contribution in [0, 0.1) is 5.92 Å². The fourth-order valence-electron chi connectivity index (χ4n) is 3.38. The Morgan fingerprint density at radius 3 is 2.70 bits per heavy atom. The Balaban J connectivity index is 1.51. The summed E-state index contributed by atoms with van der Waals surface area (Å²) in [4.78, 5) is 16.2. The Hall–Kier alpha value is -2.10. The van der Waals surface area contributed by atoms with Crippen molar-refractivity contribution in [1.29, 1.82) is 0 Å². The van der Waals surface area contributed by atoms with Crippen LogP contribution in [-0.2, 0) is 4.79 Å². The van der Waals surface area contributed by atoms with E-state index in [2.05, 4.69) is 34.6 Å². The maximum absolute atomic E-state index is 12.1. The van der Waals surface area contributed by atoms with E-state index >= 15 is 0 Å². The molecule has 1 atom stereocenters. The maximum Gasteiger partial charge on any atom is 0.220 e. The van der Waals surface area contributed by atoms with E-state index in [1.807, 2.05) is 17.7 Å². The smallest absolute Gasteiger partial charge is 0.220 e. The summed E-state index contributed by atoms with van der Waals surface area (Å²) in [6, 6.07) is 8.29. The van der Waals surface area contributed by atoms with E-state index in [9.17, 15) is 4.79 Å². The van der Waals surface area contributed by atoms with Crippen LogP contribution in [0.4, 0.5) is 0 Å². The molecule has 0 aliphatic heterocycles. The minimum absolute atomic E-state index is 0.0444. The summed E-state index contributed by atoms with van der Waals surface area (Å²) in [7, 11) is 0. The van der Waals surface area contributed by atoms with Crippen LogP contribution in [0.1, 0.15) is 57.1 Å². The van der Waals surface area contributed by atoms with Gasteiger partial charge in [-0.1, -0.05) is 37.8 Å². The molecule has 2 aromatic rings. The molecule has 0 radical (unpaired) electrons. The third-order valence-corrected chi connectivity index (χ3v) is 4.83. The number of nitrogens with one attached hydrogen (secondary N) is 1. The first-order valence-corrected chi connectivity index (χ1v) is 8.60. The molecule has 0 bridgehead atoms. The Kier molecular flexibility index (Phi) is 5.11. The van der Waals surface area contributed by atoms with Crippen molar-refractivity contribution in [3.63, 3.8) is 0 Å². The molecule has 23 heavy (non-hydrogen) atoms. The fraction of sp³-hybridized carbons (Fsp3) is 0.474. The topological polar surface area (TPSA) is 46.9 Å². The number of rotatable bonds is 6. The number of hydrogen-bond acceptors (Lipinski definition) is 2. The fourth-order valence-corrected chi connectivity index (χ4v) is 3.38. The summed E-state index contributed by atoms with van der Waals surface area (Å²) in [6.07, 6.45) is 12.4. The van der Waals surface area contributed by atoms with Crippen molar-refractivity contribution in [2.24, 2.45) is 5.92 Å². The van der Waals surface area contributed by atoms with Gasteiger partial charge in [-0.2, -0.15) is 0 Å². The highest BCUT2D eigenvalue weighted by Crippen LogP contribution is 2.28. The maximum atomic E-state index is 12.1. The van der Waals surface area contributed by atoms with Gasteiger partial charge >= 0.3 is 0 Å². The van der Waals surface area contributed by atoms with Crippen molar-refractivity contribution in [3.8, 4) is 5.69 Å². The lowest BCUT2D eigenvalue weighted by Gasteiger charge is -2.16. The minimum atomic E-state index is 0.0444. The summed E-state index contributed by atoms with van der Waals surface area (Å²) in [6.45, 7) is 2.04. The first-order valence-electron chi connectivity index (χ1n) is 8.60. The largest absolute Gasteiger partial charge is 0.350 e. The van der Waals surface area contributed by atoms with Crippen LogP contribution in [0.2, 0.25) is 0 Å². The third kappa shape index (κ3) is 4.21. The van der Waals surface area contributed by atoms with Gasteiger partial charge in [-0.25, -0.2) is 4.98 Å². The van der Waals surface area contributed by atoms with Gasteiger partial charge in [0.25, 0.3) is 0 Å². The predicted molar refractivity (Wildman–Crippen MR) is 91.3 cm³/mol. The molecule has 0 saturated heterocycles. The first kappa shape index (κ1) is 15.8. The molecule has 1 aromatic carbocycles. The van der Waals surface area contributed by atoms with Gasteiger partial charge in [0, 0.05) is 24.5 Å². The number of hydrogen-bond donors (Lipinski definition) is 1. The van der Waals surface area contributed by atoms with Gasteiger partial charge in [0.2, 0.25) is 5.91 Å². The molecule has 1 fully saturated rings. The van der Waals surface area contributed by atoms with E-state index in [1.165, 1.54) is 25.7 Å². The quantitative estimate of drug-likeness (QED) is 0.876. The van der Waals surface area contributed by atoms with Gasteiger partial charge in [0.1, 0.15) is 0 Å². The SMILES string of the molecule is CC(NC(=O)CCC1CCCC1)c1ccc(-n2ccnc2)cc1. The molecule has 1 saturated carbocycles. The van der Waals surface area contributed by atoms with Gasteiger partial charge < -0.3 is 9.88 Å². The molecule has 4 nitrogen and oxygen atoms in total. The van der Waals surface area contributed by atoms with Crippen LogP contribution in [0.5, 0.6) is 0 Å². The second-order valence-electron chi connectivity index (χ2n) is 6.54. The van der Waals surface area contributed by atoms with Gasteiger partial charge in [0.15, 0.2) is 0 Å². The van der Waals surface area contributed by atoms with Crippen molar-refractivity contribution in [3.05, 3.63) is 48.5 Å². The molecular formula is C19H25N3O.